The summed E-state index contributed by atoms with van der Waals surface area (Å²) in [4.78, 5) is 11.7. The Bertz CT molecular complexity index is 452. The monoisotopic (exact) mass is 284 g/mol. The van der Waals surface area contributed by atoms with Gasteiger partial charge in [-0.05, 0) is 19.9 Å². The third-order valence-corrected chi connectivity index (χ3v) is 2.75. The van der Waals surface area contributed by atoms with Crippen LogP contribution in [0.2, 0.25) is 0 Å². The smallest absolute Gasteiger partial charge is 0.260 e. The van der Waals surface area contributed by atoms with E-state index in [1.165, 1.54) is 6.07 Å². The molecular weight excluding hydrogens is 263 g/mol. The van der Waals surface area contributed by atoms with E-state index in [0.29, 0.717) is 24.5 Å². The van der Waals surface area contributed by atoms with E-state index in [9.17, 15) is 9.18 Å². The Kier molecular flexibility index (Phi) is 6.41. The lowest BCUT2D eigenvalue weighted by molar-refractivity contribution is -0.127. The molecule has 3 N–H and O–H groups in total. The first-order chi connectivity index (χ1) is 9.45. The molecule has 0 aliphatic carbocycles. The van der Waals surface area contributed by atoms with Crippen LogP contribution in [0.3, 0.4) is 0 Å². The zero-order valence-corrected chi connectivity index (χ0v) is 12.0. The number of benzene rings is 1. The number of rotatable bonds is 7. The van der Waals surface area contributed by atoms with Crippen LogP contribution in [-0.2, 0) is 9.53 Å². The maximum absolute atomic E-state index is 13.7. The van der Waals surface area contributed by atoms with Gasteiger partial charge < -0.3 is 20.5 Å². The van der Waals surface area contributed by atoms with Gasteiger partial charge in [0.05, 0.1) is 6.61 Å². The summed E-state index contributed by atoms with van der Waals surface area (Å²) in [6.45, 7) is 4.13. The molecule has 0 fully saturated rings. The van der Waals surface area contributed by atoms with Gasteiger partial charge in [0.25, 0.3) is 5.91 Å². The van der Waals surface area contributed by atoms with Crippen molar-refractivity contribution in [3.63, 3.8) is 0 Å². The van der Waals surface area contributed by atoms with Crippen LogP contribution in [0.4, 0.5) is 4.39 Å². The Balaban J connectivity index is 2.59. The average molecular weight is 284 g/mol. The number of carbonyl (C=O) groups is 1. The largest absolute Gasteiger partial charge is 0.481 e. The first-order valence-electron chi connectivity index (χ1n) is 6.44. The van der Waals surface area contributed by atoms with Crippen molar-refractivity contribution in [2.45, 2.75) is 26.0 Å². The number of amides is 1. The van der Waals surface area contributed by atoms with Gasteiger partial charge in [-0.1, -0.05) is 6.07 Å². The lowest BCUT2D eigenvalue weighted by Gasteiger charge is -2.15. The molecule has 0 saturated heterocycles. The summed E-state index contributed by atoms with van der Waals surface area (Å²) in [5.41, 5.74) is 6.04. The Morgan fingerprint density at radius 2 is 2.15 bits per heavy atom. The predicted molar refractivity (Wildman–Crippen MR) is 74.0 cm³/mol. The lowest BCUT2D eigenvalue weighted by Crippen LogP contribution is -2.37. The Hall–Kier alpha value is -1.66. The first kappa shape index (κ1) is 16.4. The lowest BCUT2D eigenvalue weighted by atomic mass is 10.1. The molecule has 0 aliphatic heterocycles. The minimum absolute atomic E-state index is 0.279. The van der Waals surface area contributed by atoms with Crippen LogP contribution < -0.4 is 15.8 Å². The fourth-order valence-electron chi connectivity index (χ4n) is 1.63. The van der Waals surface area contributed by atoms with Crippen molar-refractivity contribution in [2.24, 2.45) is 5.73 Å². The summed E-state index contributed by atoms with van der Waals surface area (Å²) in [5, 5.41) is 2.65. The molecule has 0 aliphatic rings. The Morgan fingerprint density at radius 1 is 1.45 bits per heavy atom. The predicted octanol–water partition coefficient (Wildman–Crippen LogP) is 1.38. The highest BCUT2D eigenvalue weighted by atomic mass is 19.1. The van der Waals surface area contributed by atoms with Crippen LogP contribution in [0, 0.1) is 5.82 Å². The van der Waals surface area contributed by atoms with Crippen molar-refractivity contribution in [1.82, 2.24) is 5.32 Å². The molecule has 1 aromatic rings. The minimum Gasteiger partial charge on any atom is -0.481 e. The zero-order chi connectivity index (χ0) is 15.1. The number of halogens is 1. The van der Waals surface area contributed by atoms with Crippen molar-refractivity contribution in [2.75, 3.05) is 20.3 Å². The van der Waals surface area contributed by atoms with Crippen LogP contribution in [0.15, 0.2) is 18.2 Å². The van der Waals surface area contributed by atoms with E-state index in [2.05, 4.69) is 5.32 Å². The first-order valence-corrected chi connectivity index (χ1v) is 6.44. The molecule has 5 nitrogen and oxygen atoms in total. The summed E-state index contributed by atoms with van der Waals surface area (Å²) in [5.74, 6) is -0.426. The van der Waals surface area contributed by atoms with Crippen molar-refractivity contribution < 1.29 is 18.7 Å². The van der Waals surface area contributed by atoms with E-state index in [-0.39, 0.29) is 11.9 Å². The summed E-state index contributed by atoms with van der Waals surface area (Å²) in [6.07, 6.45) is -0.715. The van der Waals surface area contributed by atoms with E-state index in [4.69, 9.17) is 15.2 Å². The fourth-order valence-corrected chi connectivity index (χ4v) is 1.63. The molecular formula is C14H21FN2O3. The normalized spacial score (nSPS) is 13.7. The van der Waals surface area contributed by atoms with Gasteiger partial charge in [0.2, 0.25) is 0 Å². The molecule has 0 aromatic heterocycles. The third-order valence-electron chi connectivity index (χ3n) is 2.75. The molecule has 0 radical (unpaired) electrons. The van der Waals surface area contributed by atoms with E-state index in [1.807, 2.05) is 0 Å². The van der Waals surface area contributed by atoms with Crippen molar-refractivity contribution in [1.29, 1.82) is 0 Å². The van der Waals surface area contributed by atoms with Crippen molar-refractivity contribution >= 4 is 5.91 Å². The van der Waals surface area contributed by atoms with Gasteiger partial charge in [-0.25, -0.2) is 4.39 Å². The van der Waals surface area contributed by atoms with E-state index in [1.54, 1.807) is 33.1 Å². The zero-order valence-electron chi connectivity index (χ0n) is 12.0. The molecule has 0 spiro atoms. The molecule has 1 rings (SSSR count). The summed E-state index contributed by atoms with van der Waals surface area (Å²) < 4.78 is 23.9. The molecule has 1 amide bonds. The van der Waals surface area contributed by atoms with E-state index in [0.717, 1.165) is 0 Å². The van der Waals surface area contributed by atoms with Gasteiger partial charge in [-0.2, -0.15) is 0 Å². The highest BCUT2D eigenvalue weighted by Gasteiger charge is 2.15. The SMILES string of the molecule is COCCNC(=O)C(C)Oc1ccc(C(C)N)c(F)c1. The molecule has 0 bridgehead atoms. The van der Waals surface area contributed by atoms with E-state index < -0.39 is 11.9 Å². The second kappa shape index (κ2) is 7.81. The van der Waals surface area contributed by atoms with Gasteiger partial charge in [0.15, 0.2) is 6.10 Å². The average Bonchev–Trinajstić information content (AvgIpc) is 2.38. The number of nitrogens with one attached hydrogen (secondary N) is 1. The molecule has 6 heteroatoms. The number of ether oxygens (including phenoxy) is 2. The van der Waals surface area contributed by atoms with Gasteiger partial charge in [-0.3, -0.25) is 4.79 Å². The van der Waals surface area contributed by atoms with E-state index >= 15 is 0 Å². The highest BCUT2D eigenvalue weighted by Crippen LogP contribution is 2.21. The van der Waals surface area contributed by atoms with Crippen LogP contribution in [0.25, 0.3) is 0 Å². The summed E-state index contributed by atoms with van der Waals surface area (Å²) in [7, 11) is 1.55. The Morgan fingerprint density at radius 3 is 2.70 bits per heavy atom. The number of methoxy groups -OCH3 is 1. The van der Waals surface area contributed by atoms with Crippen LogP contribution in [-0.4, -0.2) is 32.3 Å². The highest BCUT2D eigenvalue weighted by molar-refractivity contribution is 5.80. The summed E-state index contributed by atoms with van der Waals surface area (Å²) in [6, 6.07) is 4.00. The molecule has 1 aromatic carbocycles. The molecule has 20 heavy (non-hydrogen) atoms. The second-order valence-electron chi connectivity index (χ2n) is 4.52. The maximum Gasteiger partial charge on any atom is 0.260 e. The third kappa shape index (κ3) is 4.79. The number of hydrogen-bond donors (Lipinski definition) is 2. The van der Waals surface area contributed by atoms with Crippen LogP contribution in [0.5, 0.6) is 5.75 Å². The topological polar surface area (TPSA) is 73.6 Å². The fraction of sp³-hybridized carbons (Fsp3) is 0.500. The number of hydrogen-bond acceptors (Lipinski definition) is 4. The minimum atomic E-state index is -0.715. The van der Waals surface area contributed by atoms with Gasteiger partial charge in [0.1, 0.15) is 11.6 Å². The number of carbonyl (C=O) groups excluding carboxylic acids is 1. The second-order valence-corrected chi connectivity index (χ2v) is 4.52. The number of nitrogens with two attached hydrogens (primary N) is 1. The van der Waals surface area contributed by atoms with Gasteiger partial charge >= 0.3 is 0 Å². The maximum atomic E-state index is 13.7. The Labute approximate surface area is 118 Å². The van der Waals surface area contributed by atoms with Crippen LogP contribution >= 0.6 is 0 Å². The molecule has 0 saturated carbocycles. The quantitative estimate of drug-likeness (QED) is 0.742. The molecule has 0 heterocycles. The molecule has 2 unspecified atom stereocenters. The van der Waals surface area contributed by atoms with Gasteiger partial charge in [0, 0.05) is 31.3 Å². The standard InChI is InChI=1S/C14H21FN2O3/c1-9(16)12-5-4-11(8-13(12)15)20-10(2)14(18)17-6-7-19-3/h4-5,8-10H,6-7,16H2,1-3H3,(H,17,18). The summed E-state index contributed by atoms with van der Waals surface area (Å²) >= 11 is 0. The molecule has 2 atom stereocenters. The van der Waals surface area contributed by atoms with Gasteiger partial charge in [-0.15, -0.1) is 0 Å². The molecule has 112 valence electrons. The van der Waals surface area contributed by atoms with Crippen molar-refractivity contribution in [3.8, 4) is 5.75 Å². The van der Waals surface area contributed by atoms with Crippen molar-refractivity contribution in [3.05, 3.63) is 29.6 Å². The van der Waals surface area contributed by atoms with Crippen LogP contribution in [0.1, 0.15) is 25.5 Å².